The Balaban J connectivity index is 1.61. The standard InChI is InChI=1S/C25H23N3O4/c1-4-30-22-7-5-6-20(12-22)27-25(29)19(14-26)11-18-10-16(2)28(17(18)3)21-8-9-23-24(13-21)32-15-31-23/h5-13H,4,15H2,1-3H3,(H,27,29). The summed E-state index contributed by atoms with van der Waals surface area (Å²) in [7, 11) is 0. The van der Waals surface area contributed by atoms with Crippen LogP contribution in [0.15, 0.2) is 54.1 Å². The Morgan fingerprint density at radius 3 is 2.78 bits per heavy atom. The Morgan fingerprint density at radius 1 is 1.19 bits per heavy atom. The van der Waals surface area contributed by atoms with Crippen LogP contribution >= 0.6 is 0 Å². The van der Waals surface area contributed by atoms with Gasteiger partial charge in [0.15, 0.2) is 11.5 Å². The predicted molar refractivity (Wildman–Crippen MR) is 121 cm³/mol. The minimum absolute atomic E-state index is 0.0118. The SMILES string of the molecule is CCOc1cccc(NC(=O)C(C#N)=Cc2cc(C)n(-c3ccc4c(c3)OCO4)c2C)c1. The number of hydrogen-bond acceptors (Lipinski definition) is 5. The van der Waals surface area contributed by atoms with Crippen molar-refractivity contribution in [2.24, 2.45) is 0 Å². The summed E-state index contributed by atoms with van der Waals surface area (Å²) in [5.74, 6) is 1.58. The molecule has 1 aliphatic heterocycles. The van der Waals surface area contributed by atoms with Gasteiger partial charge in [0.25, 0.3) is 5.91 Å². The lowest BCUT2D eigenvalue weighted by atomic mass is 10.1. The van der Waals surface area contributed by atoms with Gasteiger partial charge < -0.3 is 24.1 Å². The number of anilines is 1. The van der Waals surface area contributed by atoms with Crippen LogP contribution in [0.25, 0.3) is 11.8 Å². The predicted octanol–water partition coefficient (Wildman–Crippen LogP) is 4.77. The van der Waals surface area contributed by atoms with E-state index in [0.29, 0.717) is 29.5 Å². The number of amides is 1. The third kappa shape index (κ3) is 4.16. The summed E-state index contributed by atoms with van der Waals surface area (Å²) in [5.41, 5.74) is 4.15. The Morgan fingerprint density at radius 2 is 2.00 bits per heavy atom. The van der Waals surface area contributed by atoms with E-state index in [2.05, 4.69) is 5.32 Å². The zero-order chi connectivity index (χ0) is 22.7. The number of nitrogens with zero attached hydrogens (tertiary/aromatic N) is 2. The van der Waals surface area contributed by atoms with Crippen LogP contribution in [0.5, 0.6) is 17.2 Å². The molecule has 1 N–H and O–H groups in total. The van der Waals surface area contributed by atoms with Crippen molar-refractivity contribution < 1.29 is 19.0 Å². The second-order valence-corrected chi connectivity index (χ2v) is 7.28. The normalized spacial score (nSPS) is 12.4. The fourth-order valence-electron chi connectivity index (χ4n) is 3.69. The maximum atomic E-state index is 12.7. The number of nitrogens with one attached hydrogen (secondary N) is 1. The third-order valence-corrected chi connectivity index (χ3v) is 5.15. The summed E-state index contributed by atoms with van der Waals surface area (Å²) in [6, 6.07) is 16.8. The molecule has 4 rings (SSSR count). The molecule has 0 radical (unpaired) electrons. The van der Waals surface area contributed by atoms with E-state index in [1.807, 2.05) is 61.7 Å². The smallest absolute Gasteiger partial charge is 0.266 e. The van der Waals surface area contributed by atoms with Crippen LogP contribution in [0.3, 0.4) is 0 Å². The second kappa shape index (κ2) is 8.90. The van der Waals surface area contributed by atoms with Gasteiger partial charge in [-0.2, -0.15) is 5.26 Å². The highest BCUT2D eigenvalue weighted by atomic mass is 16.7. The van der Waals surface area contributed by atoms with Gasteiger partial charge in [-0.15, -0.1) is 0 Å². The molecular formula is C25H23N3O4. The van der Waals surface area contributed by atoms with Crippen LogP contribution in [-0.4, -0.2) is 23.9 Å². The van der Waals surface area contributed by atoms with Crippen LogP contribution in [0.2, 0.25) is 0 Å². The van der Waals surface area contributed by atoms with Crippen LogP contribution in [0.4, 0.5) is 5.69 Å². The Labute approximate surface area is 186 Å². The lowest BCUT2D eigenvalue weighted by Gasteiger charge is -2.10. The molecule has 162 valence electrons. The van der Waals surface area contributed by atoms with Crippen LogP contribution in [-0.2, 0) is 4.79 Å². The van der Waals surface area contributed by atoms with Crippen molar-refractivity contribution in [2.45, 2.75) is 20.8 Å². The van der Waals surface area contributed by atoms with Gasteiger partial charge in [0.1, 0.15) is 17.4 Å². The minimum atomic E-state index is -0.478. The number of nitriles is 1. The number of hydrogen-bond donors (Lipinski definition) is 1. The van der Waals surface area contributed by atoms with Crippen molar-refractivity contribution >= 4 is 17.7 Å². The third-order valence-electron chi connectivity index (χ3n) is 5.15. The molecule has 2 heterocycles. The van der Waals surface area contributed by atoms with Gasteiger partial charge in [-0.3, -0.25) is 4.79 Å². The Hall–Kier alpha value is -4.18. The fourth-order valence-corrected chi connectivity index (χ4v) is 3.69. The van der Waals surface area contributed by atoms with Crippen LogP contribution in [0.1, 0.15) is 23.9 Å². The molecule has 1 aromatic heterocycles. The van der Waals surface area contributed by atoms with Gasteiger partial charge in [0.05, 0.1) is 6.61 Å². The average Bonchev–Trinajstić information content (AvgIpc) is 3.35. The second-order valence-electron chi connectivity index (χ2n) is 7.28. The highest BCUT2D eigenvalue weighted by molar-refractivity contribution is 6.09. The molecule has 0 saturated heterocycles. The lowest BCUT2D eigenvalue weighted by Crippen LogP contribution is -2.13. The Bertz CT molecular complexity index is 1250. The molecule has 0 atom stereocenters. The fraction of sp³-hybridized carbons (Fsp3) is 0.200. The molecule has 0 unspecified atom stereocenters. The van der Waals surface area contributed by atoms with Crippen molar-refractivity contribution in [1.82, 2.24) is 4.57 Å². The zero-order valence-corrected chi connectivity index (χ0v) is 18.1. The summed E-state index contributed by atoms with van der Waals surface area (Å²) in [5, 5.41) is 12.4. The minimum Gasteiger partial charge on any atom is -0.494 e. The largest absolute Gasteiger partial charge is 0.494 e. The number of aromatic nitrogens is 1. The summed E-state index contributed by atoms with van der Waals surface area (Å²) in [6.07, 6.45) is 1.60. The first-order valence-corrected chi connectivity index (χ1v) is 10.2. The van der Waals surface area contributed by atoms with Crippen molar-refractivity contribution in [1.29, 1.82) is 5.26 Å². The van der Waals surface area contributed by atoms with Gasteiger partial charge in [0.2, 0.25) is 6.79 Å². The molecule has 2 aromatic carbocycles. The number of benzene rings is 2. The number of fused-ring (bicyclic) bond motifs is 1. The molecule has 0 spiro atoms. The number of rotatable bonds is 6. The number of ether oxygens (including phenoxy) is 3. The number of carbonyl (C=O) groups is 1. The van der Waals surface area contributed by atoms with Crippen molar-refractivity contribution in [3.05, 3.63) is 71.1 Å². The van der Waals surface area contributed by atoms with Crippen molar-refractivity contribution in [3.63, 3.8) is 0 Å². The van der Waals surface area contributed by atoms with E-state index < -0.39 is 5.91 Å². The summed E-state index contributed by atoms with van der Waals surface area (Å²) in [6.45, 7) is 6.55. The van der Waals surface area contributed by atoms with Crippen molar-refractivity contribution in [2.75, 3.05) is 18.7 Å². The molecule has 1 aliphatic rings. The molecule has 0 saturated carbocycles. The van der Waals surface area contributed by atoms with Gasteiger partial charge in [-0.25, -0.2) is 0 Å². The van der Waals surface area contributed by atoms with Gasteiger partial charge in [-0.05, 0) is 62.7 Å². The summed E-state index contributed by atoms with van der Waals surface area (Å²) < 4.78 is 18.4. The molecular weight excluding hydrogens is 406 g/mol. The molecule has 3 aromatic rings. The molecule has 0 aliphatic carbocycles. The van der Waals surface area contributed by atoms with E-state index in [-0.39, 0.29) is 12.4 Å². The van der Waals surface area contributed by atoms with Crippen molar-refractivity contribution in [3.8, 4) is 29.0 Å². The lowest BCUT2D eigenvalue weighted by molar-refractivity contribution is -0.112. The highest BCUT2D eigenvalue weighted by Gasteiger charge is 2.17. The maximum Gasteiger partial charge on any atom is 0.266 e. The monoisotopic (exact) mass is 429 g/mol. The molecule has 32 heavy (non-hydrogen) atoms. The average molecular weight is 429 g/mol. The van der Waals surface area contributed by atoms with Crippen LogP contribution in [0, 0.1) is 25.2 Å². The highest BCUT2D eigenvalue weighted by Crippen LogP contribution is 2.35. The van der Waals surface area contributed by atoms with E-state index in [0.717, 1.165) is 22.6 Å². The zero-order valence-electron chi connectivity index (χ0n) is 18.1. The quantitative estimate of drug-likeness (QED) is 0.451. The van der Waals surface area contributed by atoms with E-state index in [1.54, 1.807) is 24.3 Å². The van der Waals surface area contributed by atoms with Gasteiger partial charge in [-0.1, -0.05) is 6.07 Å². The molecule has 7 heteroatoms. The van der Waals surface area contributed by atoms with Gasteiger partial charge >= 0.3 is 0 Å². The van der Waals surface area contributed by atoms with E-state index in [4.69, 9.17) is 14.2 Å². The topological polar surface area (TPSA) is 85.5 Å². The van der Waals surface area contributed by atoms with E-state index in [1.165, 1.54) is 0 Å². The number of carbonyl (C=O) groups excluding carboxylic acids is 1. The molecule has 1 amide bonds. The van der Waals surface area contributed by atoms with E-state index >= 15 is 0 Å². The Kier molecular flexibility index (Phi) is 5.86. The summed E-state index contributed by atoms with van der Waals surface area (Å²) in [4.78, 5) is 12.7. The maximum absolute atomic E-state index is 12.7. The van der Waals surface area contributed by atoms with Gasteiger partial charge in [0, 0.05) is 34.9 Å². The molecule has 0 bridgehead atoms. The molecule has 7 nitrogen and oxygen atoms in total. The van der Waals surface area contributed by atoms with E-state index in [9.17, 15) is 10.1 Å². The van der Waals surface area contributed by atoms with Crippen LogP contribution < -0.4 is 19.5 Å². The summed E-state index contributed by atoms with van der Waals surface area (Å²) >= 11 is 0. The first-order valence-electron chi connectivity index (χ1n) is 10.2. The first-order chi connectivity index (χ1) is 15.5. The number of aryl methyl sites for hydroxylation is 1. The first kappa shape index (κ1) is 21.1. The molecule has 0 fully saturated rings.